The molecule has 29 heavy (non-hydrogen) atoms. The van der Waals surface area contributed by atoms with Crippen molar-refractivity contribution in [1.82, 2.24) is 9.80 Å². The van der Waals surface area contributed by atoms with Gasteiger partial charge in [-0.2, -0.15) is 0 Å². The summed E-state index contributed by atoms with van der Waals surface area (Å²) in [5, 5.41) is 5.38. The van der Waals surface area contributed by atoms with Crippen LogP contribution in [0.15, 0.2) is 42.5 Å². The second-order valence-corrected chi connectivity index (χ2v) is 8.44. The van der Waals surface area contributed by atoms with Crippen LogP contribution in [-0.2, 0) is 11.3 Å². The van der Waals surface area contributed by atoms with Gasteiger partial charge in [-0.15, -0.1) is 0 Å². The maximum atomic E-state index is 6.40. The lowest BCUT2D eigenvalue weighted by Gasteiger charge is -2.30. The van der Waals surface area contributed by atoms with E-state index in [1.165, 1.54) is 0 Å². The monoisotopic (exact) mass is 451 g/mol. The van der Waals surface area contributed by atoms with Crippen molar-refractivity contribution in [1.29, 1.82) is 0 Å². The van der Waals surface area contributed by atoms with E-state index in [2.05, 4.69) is 15.1 Å². The van der Waals surface area contributed by atoms with Gasteiger partial charge in [-0.3, -0.25) is 4.90 Å². The molecule has 1 aliphatic rings. The van der Waals surface area contributed by atoms with Crippen LogP contribution in [0.25, 0.3) is 0 Å². The summed E-state index contributed by atoms with van der Waals surface area (Å²) in [5.74, 6) is 0. The standard InChI is InChI=1S/C22H27Cl2N3OS/c1-17-7-8-21(20(24)15-17)25-22(29)27(16-18-5-2-3-6-19(18)23)10-4-9-26-11-13-28-14-12-26/h2-3,5-8,15H,4,9-14,16H2,1H3,(H,25,29). The average Bonchev–Trinajstić information content (AvgIpc) is 2.71. The lowest BCUT2D eigenvalue weighted by atomic mass is 10.2. The largest absolute Gasteiger partial charge is 0.379 e. The molecule has 0 spiro atoms. The number of hydrogen-bond acceptors (Lipinski definition) is 3. The topological polar surface area (TPSA) is 27.7 Å². The summed E-state index contributed by atoms with van der Waals surface area (Å²) in [6.45, 7) is 8.14. The maximum absolute atomic E-state index is 6.40. The lowest BCUT2D eigenvalue weighted by Crippen LogP contribution is -2.40. The maximum Gasteiger partial charge on any atom is 0.173 e. The fourth-order valence-corrected chi connectivity index (χ4v) is 4.05. The van der Waals surface area contributed by atoms with Crippen LogP contribution in [0.2, 0.25) is 10.0 Å². The SMILES string of the molecule is Cc1ccc(NC(=S)N(CCCN2CCOCC2)Cc2ccccc2Cl)c(Cl)c1. The van der Waals surface area contributed by atoms with Crippen molar-refractivity contribution in [2.24, 2.45) is 0 Å². The zero-order valence-corrected chi connectivity index (χ0v) is 19.0. The molecule has 1 aliphatic heterocycles. The van der Waals surface area contributed by atoms with Crippen LogP contribution in [0, 0.1) is 6.92 Å². The highest BCUT2D eigenvalue weighted by Gasteiger charge is 2.15. The second kappa shape index (κ2) is 11.1. The van der Waals surface area contributed by atoms with Crippen LogP contribution >= 0.6 is 35.4 Å². The zero-order chi connectivity index (χ0) is 20.6. The van der Waals surface area contributed by atoms with Crippen LogP contribution in [0.4, 0.5) is 5.69 Å². The summed E-state index contributed by atoms with van der Waals surface area (Å²) >= 11 is 18.5. The molecule has 3 rings (SSSR count). The molecule has 1 saturated heterocycles. The average molecular weight is 452 g/mol. The number of rotatable bonds is 7. The van der Waals surface area contributed by atoms with Gasteiger partial charge in [0, 0.05) is 37.7 Å². The summed E-state index contributed by atoms with van der Waals surface area (Å²) in [5.41, 5.74) is 2.99. The van der Waals surface area contributed by atoms with Gasteiger partial charge in [0.05, 0.1) is 23.9 Å². The van der Waals surface area contributed by atoms with Crippen molar-refractivity contribution in [2.75, 3.05) is 44.7 Å². The van der Waals surface area contributed by atoms with E-state index in [1.807, 2.05) is 49.4 Å². The molecular formula is C22H27Cl2N3OS. The zero-order valence-electron chi connectivity index (χ0n) is 16.7. The Kier molecular flexibility index (Phi) is 8.57. The van der Waals surface area contributed by atoms with Crippen molar-refractivity contribution >= 4 is 46.2 Å². The van der Waals surface area contributed by atoms with Crippen molar-refractivity contribution in [3.63, 3.8) is 0 Å². The highest BCUT2D eigenvalue weighted by atomic mass is 35.5. The Hall–Kier alpha value is -1.37. The Morgan fingerprint density at radius 3 is 2.62 bits per heavy atom. The Labute approximate surface area is 188 Å². The van der Waals surface area contributed by atoms with Crippen molar-refractivity contribution in [2.45, 2.75) is 19.9 Å². The van der Waals surface area contributed by atoms with E-state index in [-0.39, 0.29) is 0 Å². The first-order valence-corrected chi connectivity index (χ1v) is 11.0. The molecule has 0 atom stereocenters. The van der Waals surface area contributed by atoms with Gasteiger partial charge in [-0.05, 0) is 54.9 Å². The Bertz CT molecular complexity index is 827. The van der Waals surface area contributed by atoms with E-state index >= 15 is 0 Å². The molecule has 0 radical (unpaired) electrons. The summed E-state index contributed by atoms with van der Waals surface area (Å²) in [7, 11) is 0. The van der Waals surface area contributed by atoms with Crippen LogP contribution in [-0.4, -0.2) is 54.3 Å². The molecule has 0 unspecified atom stereocenters. The number of benzene rings is 2. The predicted octanol–water partition coefficient (Wildman–Crippen LogP) is 5.22. The molecule has 4 nitrogen and oxygen atoms in total. The Morgan fingerprint density at radius 1 is 1.14 bits per heavy atom. The third-order valence-corrected chi connectivity index (χ3v) is 6.02. The van der Waals surface area contributed by atoms with Gasteiger partial charge in [0.25, 0.3) is 0 Å². The van der Waals surface area contributed by atoms with Gasteiger partial charge >= 0.3 is 0 Å². The van der Waals surface area contributed by atoms with Crippen molar-refractivity contribution in [3.8, 4) is 0 Å². The summed E-state index contributed by atoms with van der Waals surface area (Å²) in [6, 6.07) is 13.8. The van der Waals surface area contributed by atoms with E-state index in [9.17, 15) is 0 Å². The molecule has 1 N–H and O–H groups in total. The molecule has 7 heteroatoms. The van der Waals surface area contributed by atoms with Gasteiger partial charge in [0.15, 0.2) is 5.11 Å². The predicted molar refractivity (Wildman–Crippen MR) is 126 cm³/mol. The molecule has 1 heterocycles. The van der Waals surface area contributed by atoms with Crippen molar-refractivity contribution < 1.29 is 4.74 Å². The van der Waals surface area contributed by atoms with E-state index in [0.717, 1.165) is 67.7 Å². The first kappa shape index (κ1) is 22.3. The minimum Gasteiger partial charge on any atom is -0.379 e. The van der Waals surface area contributed by atoms with Gasteiger partial charge in [0.2, 0.25) is 0 Å². The van der Waals surface area contributed by atoms with Crippen LogP contribution in [0.5, 0.6) is 0 Å². The molecule has 2 aromatic rings. The van der Waals surface area contributed by atoms with Gasteiger partial charge < -0.3 is 15.0 Å². The number of ether oxygens (including phenoxy) is 1. The number of nitrogens with zero attached hydrogens (tertiary/aromatic N) is 2. The van der Waals surface area contributed by atoms with Crippen molar-refractivity contribution in [3.05, 3.63) is 63.6 Å². The van der Waals surface area contributed by atoms with E-state index in [4.69, 9.17) is 40.2 Å². The number of anilines is 1. The molecule has 0 aliphatic carbocycles. The summed E-state index contributed by atoms with van der Waals surface area (Å²) in [4.78, 5) is 4.59. The molecular weight excluding hydrogens is 425 g/mol. The normalized spacial score (nSPS) is 14.6. The third kappa shape index (κ3) is 6.83. The Morgan fingerprint density at radius 2 is 1.90 bits per heavy atom. The lowest BCUT2D eigenvalue weighted by molar-refractivity contribution is 0.0368. The molecule has 1 fully saturated rings. The molecule has 0 aromatic heterocycles. The van der Waals surface area contributed by atoms with Crippen LogP contribution < -0.4 is 5.32 Å². The number of morpholine rings is 1. The van der Waals surface area contributed by atoms with Gasteiger partial charge in [-0.1, -0.05) is 47.5 Å². The number of aryl methyl sites for hydroxylation is 1. The Balaban J connectivity index is 1.66. The van der Waals surface area contributed by atoms with E-state index in [1.54, 1.807) is 0 Å². The quantitative estimate of drug-likeness (QED) is 0.582. The van der Waals surface area contributed by atoms with E-state index in [0.29, 0.717) is 16.7 Å². The third-order valence-electron chi connectivity index (χ3n) is 4.98. The molecule has 0 amide bonds. The summed E-state index contributed by atoms with van der Waals surface area (Å²) < 4.78 is 5.43. The number of nitrogens with one attached hydrogen (secondary N) is 1. The molecule has 156 valence electrons. The minimum absolute atomic E-state index is 0.651. The second-order valence-electron chi connectivity index (χ2n) is 7.23. The smallest absolute Gasteiger partial charge is 0.173 e. The summed E-state index contributed by atoms with van der Waals surface area (Å²) in [6.07, 6.45) is 1.01. The highest BCUT2D eigenvalue weighted by molar-refractivity contribution is 7.80. The molecule has 0 bridgehead atoms. The highest BCUT2D eigenvalue weighted by Crippen LogP contribution is 2.24. The number of thiocarbonyl (C=S) groups is 1. The van der Waals surface area contributed by atoms with Crippen LogP contribution in [0.1, 0.15) is 17.5 Å². The molecule has 2 aromatic carbocycles. The van der Waals surface area contributed by atoms with Crippen LogP contribution in [0.3, 0.4) is 0 Å². The first-order valence-electron chi connectivity index (χ1n) is 9.88. The fraction of sp³-hybridized carbons (Fsp3) is 0.409. The number of halogens is 2. The van der Waals surface area contributed by atoms with Gasteiger partial charge in [-0.25, -0.2) is 0 Å². The van der Waals surface area contributed by atoms with Gasteiger partial charge in [0.1, 0.15) is 0 Å². The fourth-order valence-electron chi connectivity index (χ4n) is 3.31. The molecule has 0 saturated carbocycles. The van der Waals surface area contributed by atoms with E-state index < -0.39 is 0 Å². The minimum atomic E-state index is 0.651. The first-order chi connectivity index (χ1) is 14.0. The number of hydrogen-bond donors (Lipinski definition) is 1.